The molecule has 0 radical (unpaired) electrons. The van der Waals surface area contributed by atoms with E-state index in [-0.39, 0.29) is 12.5 Å². The summed E-state index contributed by atoms with van der Waals surface area (Å²) in [7, 11) is 0. The number of carbonyl (C=O) groups is 2. The van der Waals surface area contributed by atoms with Crippen LogP contribution in [0.2, 0.25) is 0 Å². The first-order chi connectivity index (χ1) is 10.9. The highest BCUT2D eigenvalue weighted by atomic mass is 16.4. The quantitative estimate of drug-likeness (QED) is 0.760. The monoisotopic (exact) mass is 320 g/mol. The van der Waals surface area contributed by atoms with Gasteiger partial charge in [-0.25, -0.2) is 0 Å². The minimum Gasteiger partial charge on any atom is -0.480 e. The van der Waals surface area contributed by atoms with Crippen LogP contribution in [0.25, 0.3) is 0 Å². The normalized spacial score (nSPS) is 11.0. The van der Waals surface area contributed by atoms with E-state index in [1.54, 1.807) is 12.1 Å². The number of hydrogen-bond acceptors (Lipinski definition) is 3. The molecule has 1 amide bonds. The highest BCUT2D eigenvalue weighted by Crippen LogP contribution is 2.12. The molecular weight excluding hydrogens is 292 g/mol. The molecule has 0 spiro atoms. The van der Waals surface area contributed by atoms with Crippen LogP contribution in [0.1, 0.15) is 50.0 Å². The van der Waals surface area contributed by atoms with Crippen molar-refractivity contribution in [1.29, 1.82) is 0 Å². The standard InChI is InChI=1S/C18H28N2O3/c1-5-11-20(13-17(21)22)18(23)16-9-7-15(8-10-16)12-19(6-2)14(3)4/h7-10,14H,5-6,11-13H2,1-4H3,(H,21,22). The summed E-state index contributed by atoms with van der Waals surface area (Å²) in [4.78, 5) is 27.0. The van der Waals surface area contributed by atoms with Crippen molar-refractivity contribution < 1.29 is 14.7 Å². The van der Waals surface area contributed by atoms with Gasteiger partial charge in [-0.1, -0.05) is 26.0 Å². The van der Waals surface area contributed by atoms with Gasteiger partial charge in [0.15, 0.2) is 0 Å². The van der Waals surface area contributed by atoms with Gasteiger partial charge in [-0.3, -0.25) is 14.5 Å². The van der Waals surface area contributed by atoms with E-state index in [2.05, 4.69) is 25.7 Å². The van der Waals surface area contributed by atoms with Crippen LogP contribution in [-0.4, -0.2) is 52.5 Å². The van der Waals surface area contributed by atoms with Crippen LogP contribution in [0, 0.1) is 0 Å². The van der Waals surface area contributed by atoms with Gasteiger partial charge in [0, 0.05) is 24.7 Å². The predicted molar refractivity (Wildman–Crippen MR) is 91.5 cm³/mol. The Hall–Kier alpha value is -1.88. The number of rotatable bonds is 9. The third kappa shape index (κ3) is 6.02. The molecule has 0 aliphatic rings. The lowest BCUT2D eigenvalue weighted by Crippen LogP contribution is -2.36. The number of aliphatic carboxylic acids is 1. The van der Waals surface area contributed by atoms with E-state index in [0.717, 1.165) is 25.1 Å². The number of hydrogen-bond donors (Lipinski definition) is 1. The molecule has 0 aliphatic carbocycles. The SMILES string of the molecule is CCCN(CC(=O)O)C(=O)c1ccc(CN(CC)C(C)C)cc1. The Labute approximate surface area is 138 Å². The fourth-order valence-corrected chi connectivity index (χ4v) is 2.51. The second-order valence-electron chi connectivity index (χ2n) is 5.97. The van der Waals surface area contributed by atoms with Crippen molar-refractivity contribution in [2.75, 3.05) is 19.6 Å². The maximum absolute atomic E-state index is 12.4. The van der Waals surface area contributed by atoms with Gasteiger partial charge in [-0.05, 0) is 44.5 Å². The van der Waals surface area contributed by atoms with Crippen LogP contribution in [-0.2, 0) is 11.3 Å². The molecule has 0 unspecified atom stereocenters. The van der Waals surface area contributed by atoms with E-state index in [4.69, 9.17) is 5.11 Å². The molecule has 0 saturated heterocycles. The zero-order valence-electron chi connectivity index (χ0n) is 14.6. The second kappa shape index (κ2) is 9.30. The van der Waals surface area contributed by atoms with E-state index in [0.29, 0.717) is 18.2 Å². The third-order valence-electron chi connectivity index (χ3n) is 3.83. The summed E-state index contributed by atoms with van der Waals surface area (Å²) in [5, 5.41) is 8.93. The Morgan fingerprint density at radius 3 is 2.17 bits per heavy atom. The van der Waals surface area contributed by atoms with Crippen molar-refractivity contribution in [2.45, 2.75) is 46.7 Å². The lowest BCUT2D eigenvalue weighted by molar-refractivity contribution is -0.137. The Bertz CT molecular complexity index is 512. The number of amides is 1. The highest BCUT2D eigenvalue weighted by Gasteiger charge is 2.17. The van der Waals surface area contributed by atoms with E-state index in [9.17, 15) is 9.59 Å². The van der Waals surface area contributed by atoms with Gasteiger partial charge in [0.1, 0.15) is 6.54 Å². The number of carbonyl (C=O) groups excluding carboxylic acids is 1. The van der Waals surface area contributed by atoms with Crippen molar-refractivity contribution in [3.05, 3.63) is 35.4 Å². The Kier molecular flexibility index (Phi) is 7.75. The van der Waals surface area contributed by atoms with E-state index < -0.39 is 5.97 Å². The minimum absolute atomic E-state index is 0.225. The zero-order chi connectivity index (χ0) is 17.4. The zero-order valence-corrected chi connectivity index (χ0v) is 14.6. The summed E-state index contributed by atoms with van der Waals surface area (Å²) in [6, 6.07) is 7.94. The molecule has 23 heavy (non-hydrogen) atoms. The first kappa shape index (κ1) is 19.2. The summed E-state index contributed by atoms with van der Waals surface area (Å²) in [6.07, 6.45) is 0.733. The molecule has 0 heterocycles. The molecule has 0 bridgehead atoms. The smallest absolute Gasteiger partial charge is 0.323 e. The summed E-state index contributed by atoms with van der Waals surface area (Å²) in [5.41, 5.74) is 1.69. The van der Waals surface area contributed by atoms with E-state index in [1.807, 2.05) is 19.1 Å². The summed E-state index contributed by atoms with van der Waals surface area (Å²) in [6.45, 7) is 10.4. The number of carboxylic acids is 1. The number of carboxylic acid groups (broad SMARTS) is 1. The minimum atomic E-state index is -0.987. The first-order valence-electron chi connectivity index (χ1n) is 8.23. The second-order valence-corrected chi connectivity index (χ2v) is 5.97. The van der Waals surface area contributed by atoms with Crippen molar-refractivity contribution >= 4 is 11.9 Å². The Morgan fingerprint density at radius 1 is 1.13 bits per heavy atom. The fourth-order valence-electron chi connectivity index (χ4n) is 2.51. The summed E-state index contributed by atoms with van der Waals surface area (Å²) < 4.78 is 0. The molecule has 0 saturated carbocycles. The Balaban J connectivity index is 2.81. The fraction of sp³-hybridized carbons (Fsp3) is 0.556. The molecule has 0 fully saturated rings. The first-order valence-corrected chi connectivity index (χ1v) is 8.23. The van der Waals surface area contributed by atoms with Crippen molar-refractivity contribution in [1.82, 2.24) is 9.80 Å². The molecule has 0 atom stereocenters. The molecule has 5 heteroatoms. The topological polar surface area (TPSA) is 60.9 Å². The molecule has 1 aromatic rings. The molecule has 128 valence electrons. The lowest BCUT2D eigenvalue weighted by Gasteiger charge is -2.25. The molecule has 0 aliphatic heterocycles. The number of nitrogens with zero attached hydrogens (tertiary/aromatic N) is 2. The molecule has 1 aromatic carbocycles. The van der Waals surface area contributed by atoms with Crippen LogP contribution in [0.15, 0.2) is 24.3 Å². The van der Waals surface area contributed by atoms with Gasteiger partial charge in [0.25, 0.3) is 5.91 Å². The average Bonchev–Trinajstić information content (AvgIpc) is 2.51. The molecule has 5 nitrogen and oxygen atoms in total. The van der Waals surface area contributed by atoms with Crippen molar-refractivity contribution in [3.8, 4) is 0 Å². The van der Waals surface area contributed by atoms with E-state index >= 15 is 0 Å². The Morgan fingerprint density at radius 2 is 1.74 bits per heavy atom. The molecular formula is C18H28N2O3. The van der Waals surface area contributed by atoms with Crippen LogP contribution >= 0.6 is 0 Å². The molecule has 1 N–H and O–H groups in total. The van der Waals surface area contributed by atoms with Crippen molar-refractivity contribution in [2.24, 2.45) is 0 Å². The third-order valence-corrected chi connectivity index (χ3v) is 3.83. The molecule has 0 aromatic heterocycles. The van der Waals surface area contributed by atoms with Gasteiger partial charge < -0.3 is 10.0 Å². The maximum atomic E-state index is 12.4. The lowest BCUT2D eigenvalue weighted by atomic mass is 10.1. The largest absolute Gasteiger partial charge is 0.480 e. The van der Waals surface area contributed by atoms with E-state index in [1.165, 1.54) is 4.90 Å². The van der Waals surface area contributed by atoms with Gasteiger partial charge in [0.05, 0.1) is 0 Å². The van der Waals surface area contributed by atoms with Crippen LogP contribution in [0.4, 0.5) is 0 Å². The summed E-state index contributed by atoms with van der Waals surface area (Å²) >= 11 is 0. The van der Waals surface area contributed by atoms with Gasteiger partial charge in [-0.2, -0.15) is 0 Å². The summed E-state index contributed by atoms with van der Waals surface area (Å²) in [5.74, 6) is -1.21. The number of benzene rings is 1. The predicted octanol–water partition coefficient (Wildman–Crippen LogP) is 2.85. The molecule has 1 rings (SSSR count). The average molecular weight is 320 g/mol. The maximum Gasteiger partial charge on any atom is 0.323 e. The van der Waals surface area contributed by atoms with Crippen LogP contribution in [0.5, 0.6) is 0 Å². The highest BCUT2D eigenvalue weighted by molar-refractivity contribution is 5.95. The van der Waals surface area contributed by atoms with Crippen LogP contribution in [0.3, 0.4) is 0 Å². The van der Waals surface area contributed by atoms with Gasteiger partial charge in [-0.15, -0.1) is 0 Å². The van der Waals surface area contributed by atoms with Gasteiger partial charge in [0.2, 0.25) is 0 Å². The van der Waals surface area contributed by atoms with Crippen LogP contribution < -0.4 is 0 Å². The van der Waals surface area contributed by atoms with Crippen molar-refractivity contribution in [3.63, 3.8) is 0 Å². The van der Waals surface area contributed by atoms with Gasteiger partial charge >= 0.3 is 5.97 Å².